The van der Waals surface area contributed by atoms with Gasteiger partial charge in [0.2, 0.25) is 0 Å². The zero-order valence-electron chi connectivity index (χ0n) is 12.0. The number of nitrogens with one attached hydrogen (secondary N) is 2. The first kappa shape index (κ1) is 13.6. The standard InChI is InChI=1S/C16H18N4O/c1-21-15-4-2-3-12-5-6-14(20-16(12)15)10-17-8-7-13-9-18-11-19-13/h2-6,9,11,17H,7-8,10H2,1H3,(H,18,19). The summed E-state index contributed by atoms with van der Waals surface area (Å²) in [6, 6.07) is 10.1. The summed E-state index contributed by atoms with van der Waals surface area (Å²) < 4.78 is 5.36. The van der Waals surface area contributed by atoms with E-state index in [9.17, 15) is 0 Å². The largest absolute Gasteiger partial charge is 0.494 e. The van der Waals surface area contributed by atoms with Crippen LogP contribution in [0.25, 0.3) is 10.9 Å². The smallest absolute Gasteiger partial charge is 0.145 e. The molecular formula is C16H18N4O. The molecule has 0 bridgehead atoms. The van der Waals surface area contributed by atoms with E-state index in [4.69, 9.17) is 4.74 Å². The van der Waals surface area contributed by atoms with Crippen molar-refractivity contribution in [1.82, 2.24) is 20.3 Å². The molecule has 0 saturated heterocycles. The minimum Gasteiger partial charge on any atom is -0.494 e. The molecule has 2 heterocycles. The lowest BCUT2D eigenvalue weighted by molar-refractivity contribution is 0.418. The SMILES string of the molecule is COc1cccc2ccc(CNCCc3cnc[nH]3)nc12. The lowest BCUT2D eigenvalue weighted by Crippen LogP contribution is -2.17. The summed E-state index contributed by atoms with van der Waals surface area (Å²) in [5, 5.41) is 4.48. The van der Waals surface area contributed by atoms with E-state index in [-0.39, 0.29) is 0 Å². The average molecular weight is 282 g/mol. The van der Waals surface area contributed by atoms with E-state index in [1.165, 1.54) is 0 Å². The number of hydrogen-bond acceptors (Lipinski definition) is 4. The molecule has 0 saturated carbocycles. The van der Waals surface area contributed by atoms with Gasteiger partial charge in [0.25, 0.3) is 0 Å². The number of H-pyrrole nitrogens is 1. The highest BCUT2D eigenvalue weighted by Crippen LogP contribution is 2.23. The molecular weight excluding hydrogens is 264 g/mol. The molecule has 3 rings (SSSR count). The Kier molecular flexibility index (Phi) is 4.12. The summed E-state index contributed by atoms with van der Waals surface area (Å²) in [6.45, 7) is 1.62. The number of methoxy groups -OCH3 is 1. The van der Waals surface area contributed by atoms with E-state index >= 15 is 0 Å². The number of aromatic amines is 1. The van der Waals surface area contributed by atoms with Crippen LogP contribution in [0.15, 0.2) is 42.9 Å². The van der Waals surface area contributed by atoms with E-state index in [0.29, 0.717) is 0 Å². The Morgan fingerprint density at radius 1 is 1.24 bits per heavy atom. The van der Waals surface area contributed by atoms with Gasteiger partial charge in [0.05, 0.1) is 19.1 Å². The normalized spacial score (nSPS) is 10.9. The van der Waals surface area contributed by atoms with Crippen LogP contribution in [-0.4, -0.2) is 28.6 Å². The van der Waals surface area contributed by atoms with Crippen molar-refractivity contribution in [3.63, 3.8) is 0 Å². The first-order valence-corrected chi connectivity index (χ1v) is 6.97. The Hall–Kier alpha value is -2.40. The highest BCUT2D eigenvalue weighted by Gasteiger charge is 2.04. The van der Waals surface area contributed by atoms with Crippen molar-refractivity contribution < 1.29 is 4.74 Å². The minimum atomic E-state index is 0.738. The van der Waals surface area contributed by atoms with E-state index in [1.54, 1.807) is 13.4 Å². The number of rotatable bonds is 6. The van der Waals surface area contributed by atoms with Crippen molar-refractivity contribution in [1.29, 1.82) is 0 Å². The van der Waals surface area contributed by atoms with Gasteiger partial charge in [0.15, 0.2) is 0 Å². The molecule has 1 aromatic carbocycles. The Morgan fingerprint density at radius 2 is 2.19 bits per heavy atom. The summed E-state index contributed by atoms with van der Waals surface area (Å²) in [5.74, 6) is 0.812. The lowest BCUT2D eigenvalue weighted by atomic mass is 10.2. The van der Waals surface area contributed by atoms with Gasteiger partial charge in [-0.25, -0.2) is 9.97 Å². The van der Waals surface area contributed by atoms with Gasteiger partial charge in [-0.15, -0.1) is 0 Å². The van der Waals surface area contributed by atoms with Crippen molar-refractivity contribution in [2.24, 2.45) is 0 Å². The summed E-state index contributed by atoms with van der Waals surface area (Å²) in [6.07, 6.45) is 4.48. The number of nitrogens with zero attached hydrogens (tertiary/aromatic N) is 2. The summed E-state index contributed by atoms with van der Waals surface area (Å²) in [5.41, 5.74) is 3.06. The maximum absolute atomic E-state index is 5.36. The highest BCUT2D eigenvalue weighted by molar-refractivity contribution is 5.84. The number of imidazole rings is 1. The molecule has 0 spiro atoms. The fraction of sp³-hybridized carbons (Fsp3) is 0.250. The van der Waals surface area contributed by atoms with Crippen molar-refractivity contribution in [3.8, 4) is 5.75 Å². The Balaban J connectivity index is 1.64. The van der Waals surface area contributed by atoms with E-state index in [2.05, 4.69) is 26.3 Å². The fourth-order valence-corrected chi connectivity index (χ4v) is 2.28. The average Bonchev–Trinajstić information content (AvgIpc) is 3.04. The molecule has 5 heteroatoms. The number of hydrogen-bond donors (Lipinski definition) is 2. The van der Waals surface area contributed by atoms with E-state index < -0.39 is 0 Å². The van der Waals surface area contributed by atoms with Crippen LogP contribution in [0, 0.1) is 0 Å². The number of para-hydroxylation sites is 1. The molecule has 3 aromatic rings. The van der Waals surface area contributed by atoms with E-state index in [1.807, 2.05) is 30.5 Å². The van der Waals surface area contributed by atoms with Gasteiger partial charge in [0.1, 0.15) is 11.3 Å². The fourth-order valence-electron chi connectivity index (χ4n) is 2.28. The molecule has 0 aliphatic heterocycles. The molecule has 0 amide bonds. The number of aromatic nitrogens is 3. The predicted octanol–water partition coefficient (Wildman–Crippen LogP) is 2.30. The maximum atomic E-state index is 5.36. The third-order valence-corrected chi connectivity index (χ3v) is 3.39. The van der Waals surface area contributed by atoms with Crippen molar-refractivity contribution in [2.45, 2.75) is 13.0 Å². The molecule has 0 fully saturated rings. The Labute approximate surface area is 123 Å². The summed E-state index contributed by atoms with van der Waals surface area (Å²) in [7, 11) is 1.67. The topological polar surface area (TPSA) is 62.8 Å². The molecule has 5 nitrogen and oxygen atoms in total. The Morgan fingerprint density at radius 3 is 3.00 bits per heavy atom. The van der Waals surface area contributed by atoms with Crippen LogP contribution in [-0.2, 0) is 13.0 Å². The predicted molar refractivity (Wildman–Crippen MR) is 82.3 cm³/mol. The number of benzene rings is 1. The van der Waals surface area contributed by atoms with Crippen LogP contribution in [0.3, 0.4) is 0 Å². The lowest BCUT2D eigenvalue weighted by Gasteiger charge is -2.07. The highest BCUT2D eigenvalue weighted by atomic mass is 16.5. The second-order valence-corrected chi connectivity index (χ2v) is 4.84. The van der Waals surface area contributed by atoms with Crippen molar-refractivity contribution in [2.75, 3.05) is 13.7 Å². The first-order chi connectivity index (χ1) is 10.4. The second kappa shape index (κ2) is 6.37. The molecule has 0 atom stereocenters. The van der Waals surface area contributed by atoms with Gasteiger partial charge >= 0.3 is 0 Å². The zero-order valence-corrected chi connectivity index (χ0v) is 12.0. The van der Waals surface area contributed by atoms with Crippen LogP contribution in [0.5, 0.6) is 5.75 Å². The van der Waals surface area contributed by atoms with Gasteiger partial charge in [-0.2, -0.15) is 0 Å². The number of pyridine rings is 1. The van der Waals surface area contributed by atoms with Gasteiger partial charge in [-0.05, 0) is 12.1 Å². The van der Waals surface area contributed by atoms with Gasteiger partial charge < -0.3 is 15.0 Å². The third kappa shape index (κ3) is 3.20. The minimum absolute atomic E-state index is 0.738. The Bertz CT molecular complexity index is 709. The molecule has 2 N–H and O–H groups in total. The van der Waals surface area contributed by atoms with Crippen LogP contribution < -0.4 is 10.1 Å². The second-order valence-electron chi connectivity index (χ2n) is 4.84. The van der Waals surface area contributed by atoms with Crippen molar-refractivity contribution >= 4 is 10.9 Å². The summed E-state index contributed by atoms with van der Waals surface area (Å²) in [4.78, 5) is 11.8. The van der Waals surface area contributed by atoms with Crippen LogP contribution in [0.1, 0.15) is 11.4 Å². The number of fused-ring (bicyclic) bond motifs is 1. The third-order valence-electron chi connectivity index (χ3n) is 3.39. The molecule has 108 valence electrons. The van der Waals surface area contributed by atoms with Crippen molar-refractivity contribution in [3.05, 3.63) is 54.2 Å². The maximum Gasteiger partial charge on any atom is 0.145 e. The van der Waals surface area contributed by atoms with E-state index in [0.717, 1.165) is 47.6 Å². The molecule has 2 aromatic heterocycles. The van der Waals surface area contributed by atoms with Gasteiger partial charge in [-0.1, -0.05) is 18.2 Å². The summed E-state index contributed by atoms with van der Waals surface area (Å²) >= 11 is 0. The molecule has 21 heavy (non-hydrogen) atoms. The monoisotopic (exact) mass is 282 g/mol. The quantitative estimate of drug-likeness (QED) is 0.681. The molecule has 0 unspecified atom stereocenters. The van der Waals surface area contributed by atoms with Gasteiger partial charge in [0, 0.05) is 36.8 Å². The van der Waals surface area contributed by atoms with Crippen LogP contribution in [0.4, 0.5) is 0 Å². The molecule has 0 aliphatic carbocycles. The molecule has 0 aliphatic rings. The molecule has 0 radical (unpaired) electrons. The number of ether oxygens (including phenoxy) is 1. The zero-order chi connectivity index (χ0) is 14.5. The van der Waals surface area contributed by atoms with Crippen LogP contribution in [0.2, 0.25) is 0 Å². The van der Waals surface area contributed by atoms with Gasteiger partial charge in [-0.3, -0.25) is 0 Å². The first-order valence-electron chi connectivity index (χ1n) is 6.97. The van der Waals surface area contributed by atoms with Crippen LogP contribution >= 0.6 is 0 Å².